The minimum Gasteiger partial charge on any atom is 0 e. The van der Waals surface area contributed by atoms with Crippen LogP contribution in [-0.2, 0) is 20.1 Å². The first kappa shape index (κ1) is 45.2. The molecule has 0 amide bonds. The van der Waals surface area contributed by atoms with Gasteiger partial charge in [-0.3, -0.25) is 4.98 Å². The van der Waals surface area contributed by atoms with Crippen LogP contribution in [0.3, 0.4) is 0 Å². The number of benzene rings is 6. The number of nitrogens with zero attached hydrogens (tertiary/aromatic N) is 4. The summed E-state index contributed by atoms with van der Waals surface area (Å²) in [6.45, 7) is 11.5. The first-order chi connectivity index (χ1) is 33.5. The number of pyridine rings is 2. The topological polar surface area (TPSA) is 43.6 Å². The first-order valence-corrected chi connectivity index (χ1v) is 31.7. The Morgan fingerprint density at radius 3 is 2.19 bits per heavy atom. The van der Waals surface area contributed by atoms with Crippen molar-refractivity contribution >= 4 is 71.1 Å². The van der Waals surface area contributed by atoms with E-state index >= 15 is 0 Å². The summed E-state index contributed by atoms with van der Waals surface area (Å²) in [5, 5.41) is 5.04. The predicted octanol–water partition coefficient (Wildman–Crippen LogP) is 16.8. The zero-order valence-corrected chi connectivity index (χ0v) is 45.6. The van der Waals surface area contributed by atoms with Gasteiger partial charge >= 0.3 is 150 Å². The Bertz CT molecular complexity index is 3540. The van der Waals surface area contributed by atoms with Crippen LogP contribution >= 0.6 is 11.3 Å². The van der Waals surface area contributed by atoms with Crippen molar-refractivity contribution in [2.45, 2.75) is 96.3 Å². The molecule has 10 aromatic rings. The second kappa shape index (κ2) is 20.3. The van der Waals surface area contributed by atoms with Crippen LogP contribution < -0.4 is 4.40 Å². The van der Waals surface area contributed by atoms with Crippen LogP contribution in [-0.4, -0.2) is 32.8 Å². The molecule has 0 spiro atoms. The number of para-hydroxylation sites is 2. The number of rotatable bonds is 10. The number of aryl methyl sites for hydroxylation is 1. The average Bonchev–Trinajstić information content (AvgIpc) is 3.91. The molecule has 10 rings (SSSR count). The Kier molecular flexibility index (Phi) is 13.5. The monoisotopic (exact) mass is 1160 g/mol. The summed E-state index contributed by atoms with van der Waals surface area (Å²) >= 11 is -0.643. The predicted molar refractivity (Wildman–Crippen MR) is 287 cm³/mol. The summed E-state index contributed by atoms with van der Waals surface area (Å²) in [5.41, 5.74) is 10.9. The maximum atomic E-state index is 14.3. The van der Waals surface area contributed by atoms with E-state index in [0.29, 0.717) is 40.1 Å². The van der Waals surface area contributed by atoms with Gasteiger partial charge in [0.1, 0.15) is 4.83 Å². The molecule has 0 unspecified atom stereocenters. The molecule has 6 aromatic carbocycles. The standard InChI is InChI=1S/C39H38N3S.C21H21FGeN.Ir/c1-7-25(8-2)32-19-18-29-31-22-27(17-20-35(31)43-39(29)41-32)38-40-33-15-11-12-16-34(33)42(38)37-30(23(3)4)21-26-13-9-10-14-28(26)36(37)24(5)6;1-15-12-21(24-14-20(15)23(2,3)4)17-10-11-19(22)18(13-17)16-8-6-5-7-9-16;/h9-16,18-25H,7-8H2,1-6H3;5-9,11-14H,1-4H3;/q2*-1;/i;1D3;. The van der Waals surface area contributed by atoms with E-state index in [9.17, 15) is 4.39 Å². The van der Waals surface area contributed by atoms with Gasteiger partial charge in [-0.1, -0.05) is 89.4 Å². The van der Waals surface area contributed by atoms with E-state index in [-0.39, 0.29) is 25.9 Å². The van der Waals surface area contributed by atoms with E-state index in [1.54, 1.807) is 29.7 Å². The Balaban J connectivity index is 0.000000209. The third-order valence-electron chi connectivity index (χ3n) is 13.0. The third-order valence-corrected chi connectivity index (χ3v) is 18.3. The Morgan fingerprint density at radius 2 is 1.47 bits per heavy atom. The van der Waals surface area contributed by atoms with Crippen LogP contribution in [0.1, 0.15) is 98.6 Å². The quantitative estimate of drug-likeness (QED) is 0.101. The van der Waals surface area contributed by atoms with Crippen LogP contribution in [0.2, 0.25) is 17.3 Å². The second-order valence-electron chi connectivity index (χ2n) is 19.2. The molecule has 347 valence electrons. The molecule has 0 N–H and O–H groups in total. The summed E-state index contributed by atoms with van der Waals surface area (Å²) < 4.78 is 42.6. The van der Waals surface area contributed by atoms with Gasteiger partial charge in [0.15, 0.2) is 0 Å². The van der Waals surface area contributed by atoms with Crippen molar-refractivity contribution < 1.29 is 28.6 Å². The normalized spacial score (nSPS) is 12.7. The van der Waals surface area contributed by atoms with Crippen LogP contribution in [0, 0.1) is 24.8 Å². The number of hydrogen-bond acceptors (Lipinski definition) is 4. The van der Waals surface area contributed by atoms with E-state index in [1.165, 1.54) is 54.8 Å². The maximum absolute atomic E-state index is 14.3. The van der Waals surface area contributed by atoms with E-state index in [0.717, 1.165) is 50.1 Å². The van der Waals surface area contributed by atoms with E-state index in [4.69, 9.17) is 14.1 Å². The summed E-state index contributed by atoms with van der Waals surface area (Å²) in [6.07, 6.45) is 3.91. The zero-order valence-electron chi connectivity index (χ0n) is 43.3. The van der Waals surface area contributed by atoms with Gasteiger partial charge in [-0.2, -0.15) is 11.3 Å². The van der Waals surface area contributed by atoms with Crippen LogP contribution in [0.15, 0.2) is 134 Å². The molecule has 0 saturated heterocycles. The molecule has 0 saturated carbocycles. The van der Waals surface area contributed by atoms with Gasteiger partial charge in [0, 0.05) is 37.4 Å². The number of aromatic nitrogens is 4. The van der Waals surface area contributed by atoms with E-state index < -0.39 is 20.1 Å². The average molecular weight is 1160 g/mol. The number of thiophene rings is 1. The fourth-order valence-electron chi connectivity index (χ4n) is 9.43. The zero-order chi connectivity index (χ0) is 49.6. The molecule has 0 fully saturated rings. The largest absolute Gasteiger partial charge is 0 e. The minimum atomic E-state index is -2.41. The SMILES string of the molecule is CCC(CC)c1ccc2c(n1)sc1c[c-]c(-c3nc4ccccc4n3-c3c(C(C)C)cc4ccccc4c3C(C)C)cc12.[2H]C([2H])([2H])c1cc(-c2[c-]cc(F)c(-c3ccccc3)c2)nc[c]1[Ge]([CH3])([CH3])[CH3].[Ir]. The van der Waals surface area contributed by atoms with Crippen molar-refractivity contribution in [2.75, 3.05) is 0 Å². The number of imidazole rings is 1. The molecule has 4 nitrogen and oxygen atoms in total. The molecular weight excluding hydrogens is 1090 g/mol. The fourth-order valence-corrected chi connectivity index (χ4v) is 13.3. The van der Waals surface area contributed by atoms with Crippen LogP contribution in [0.25, 0.3) is 81.6 Å². The summed E-state index contributed by atoms with van der Waals surface area (Å²) in [7, 11) is 0. The van der Waals surface area contributed by atoms with Gasteiger partial charge < -0.3 is 4.57 Å². The van der Waals surface area contributed by atoms with Crippen molar-refractivity contribution in [3.05, 3.63) is 174 Å². The molecule has 0 atom stereocenters. The number of hydrogen-bond donors (Lipinski definition) is 0. The number of halogens is 1. The smallest absolute Gasteiger partial charge is 0 e. The van der Waals surface area contributed by atoms with Crippen LogP contribution in [0.4, 0.5) is 4.39 Å². The second-order valence-corrected chi connectivity index (χ2v) is 30.8. The van der Waals surface area contributed by atoms with Crippen molar-refractivity contribution in [1.82, 2.24) is 19.5 Å². The minimum absolute atomic E-state index is 0. The molecule has 1 radical (unpaired) electrons. The molecule has 4 heterocycles. The summed E-state index contributed by atoms with van der Waals surface area (Å²) in [4.78, 5) is 16.0. The Hall–Kier alpha value is -5.31. The van der Waals surface area contributed by atoms with Crippen molar-refractivity contribution in [1.29, 1.82) is 0 Å². The van der Waals surface area contributed by atoms with Crippen molar-refractivity contribution in [3.8, 4) is 39.5 Å². The summed E-state index contributed by atoms with van der Waals surface area (Å²) in [5.74, 6) is 8.16. The molecule has 8 heteroatoms. The van der Waals surface area contributed by atoms with Gasteiger partial charge in [0.05, 0.1) is 16.9 Å². The van der Waals surface area contributed by atoms with Gasteiger partial charge in [-0.05, 0) is 80.9 Å². The fraction of sp³-hybridized carbons (Fsp3) is 0.250. The molecule has 68 heavy (non-hydrogen) atoms. The number of fused-ring (bicyclic) bond motifs is 5. The molecule has 0 aliphatic heterocycles. The first-order valence-electron chi connectivity index (χ1n) is 25.0. The van der Waals surface area contributed by atoms with Gasteiger partial charge in [-0.25, -0.2) is 4.98 Å². The molecule has 0 aliphatic carbocycles. The Morgan fingerprint density at radius 1 is 0.750 bits per heavy atom. The van der Waals surface area contributed by atoms with Crippen LogP contribution in [0.5, 0.6) is 0 Å². The van der Waals surface area contributed by atoms with Gasteiger partial charge in [0.2, 0.25) is 0 Å². The molecule has 0 bridgehead atoms. The van der Waals surface area contributed by atoms with E-state index in [1.807, 2.05) is 30.3 Å². The summed E-state index contributed by atoms with van der Waals surface area (Å²) in [6, 6.07) is 49.1. The molecule has 0 aliphatic rings. The van der Waals surface area contributed by atoms with Crippen molar-refractivity contribution in [2.24, 2.45) is 0 Å². The van der Waals surface area contributed by atoms with E-state index in [2.05, 4.69) is 159 Å². The molecule has 4 aromatic heterocycles. The van der Waals surface area contributed by atoms with Gasteiger partial charge in [-0.15, -0.1) is 23.8 Å². The maximum Gasteiger partial charge on any atom is 0 e. The molecular formula is C60H59FGeIrN4S-2. The van der Waals surface area contributed by atoms with Gasteiger partial charge in [0.25, 0.3) is 0 Å². The third kappa shape index (κ3) is 9.52. The Labute approximate surface area is 426 Å². The van der Waals surface area contributed by atoms with Crippen molar-refractivity contribution in [3.63, 3.8) is 0 Å².